The molecule has 0 radical (unpaired) electrons. The SMILES string of the molecule is CN(CC(=O)NCC1(N2CCOCC2)CCCCC1)Cc1cnn(C)c1. The number of ether oxygens (including phenoxy) is 1. The first-order valence-electron chi connectivity index (χ1n) is 9.83. The van der Waals surface area contributed by atoms with E-state index < -0.39 is 0 Å². The van der Waals surface area contributed by atoms with Gasteiger partial charge in [-0.05, 0) is 19.9 Å². The highest BCUT2D eigenvalue weighted by atomic mass is 16.5. The number of hydrogen-bond acceptors (Lipinski definition) is 5. The fraction of sp³-hybridized carbons (Fsp3) is 0.789. The number of hydrogen-bond donors (Lipinski definition) is 1. The quantitative estimate of drug-likeness (QED) is 0.783. The van der Waals surface area contributed by atoms with E-state index in [2.05, 4.69) is 15.3 Å². The number of rotatable bonds is 7. The molecule has 1 aliphatic heterocycles. The first-order chi connectivity index (χ1) is 12.6. The Morgan fingerprint density at radius 3 is 2.69 bits per heavy atom. The van der Waals surface area contributed by atoms with E-state index in [0.29, 0.717) is 6.54 Å². The van der Waals surface area contributed by atoms with Crippen molar-refractivity contribution in [1.29, 1.82) is 0 Å². The summed E-state index contributed by atoms with van der Waals surface area (Å²) in [6, 6.07) is 0. The van der Waals surface area contributed by atoms with E-state index in [9.17, 15) is 4.79 Å². The Hall–Kier alpha value is -1.44. The molecule has 2 heterocycles. The van der Waals surface area contributed by atoms with Gasteiger partial charge in [0.2, 0.25) is 5.91 Å². The molecule has 1 aromatic rings. The molecular formula is C19H33N5O2. The summed E-state index contributed by atoms with van der Waals surface area (Å²) in [5, 5.41) is 7.41. The normalized spacial score (nSPS) is 21.0. The van der Waals surface area contributed by atoms with Crippen molar-refractivity contribution < 1.29 is 9.53 Å². The zero-order valence-electron chi connectivity index (χ0n) is 16.2. The summed E-state index contributed by atoms with van der Waals surface area (Å²) in [7, 11) is 3.89. The lowest BCUT2D eigenvalue weighted by Gasteiger charge is -2.48. The predicted octanol–water partition coefficient (Wildman–Crippen LogP) is 1.00. The predicted molar refractivity (Wildman–Crippen MR) is 101 cm³/mol. The van der Waals surface area contributed by atoms with Gasteiger partial charge in [-0.1, -0.05) is 19.3 Å². The fourth-order valence-electron chi connectivity index (χ4n) is 4.34. The van der Waals surface area contributed by atoms with Crippen molar-refractivity contribution in [2.24, 2.45) is 7.05 Å². The largest absolute Gasteiger partial charge is 0.379 e. The van der Waals surface area contributed by atoms with Crippen LogP contribution in [0.1, 0.15) is 37.7 Å². The van der Waals surface area contributed by atoms with Crippen LogP contribution in [0.5, 0.6) is 0 Å². The van der Waals surface area contributed by atoms with Crippen molar-refractivity contribution in [3.63, 3.8) is 0 Å². The highest BCUT2D eigenvalue weighted by Crippen LogP contribution is 2.33. The van der Waals surface area contributed by atoms with Gasteiger partial charge in [0.05, 0.1) is 26.0 Å². The fourth-order valence-corrected chi connectivity index (χ4v) is 4.34. The Morgan fingerprint density at radius 1 is 1.31 bits per heavy atom. The van der Waals surface area contributed by atoms with Gasteiger partial charge in [0, 0.05) is 50.5 Å². The third-order valence-electron chi connectivity index (χ3n) is 5.71. The standard InChI is InChI=1S/C19H33N5O2/c1-22(13-17-12-21-23(2)14-17)15-18(25)20-16-19(6-4-3-5-7-19)24-8-10-26-11-9-24/h12,14H,3-11,13,15-16H2,1-2H3,(H,20,25). The van der Waals surface area contributed by atoms with E-state index in [1.54, 1.807) is 4.68 Å². The average molecular weight is 364 g/mol. The maximum Gasteiger partial charge on any atom is 0.234 e. The van der Waals surface area contributed by atoms with E-state index in [1.165, 1.54) is 32.1 Å². The molecule has 26 heavy (non-hydrogen) atoms. The second kappa shape index (κ2) is 8.97. The summed E-state index contributed by atoms with van der Waals surface area (Å²) in [5.41, 5.74) is 1.25. The number of carbonyl (C=O) groups is 1. The van der Waals surface area contributed by atoms with E-state index in [1.807, 2.05) is 31.4 Å². The number of carbonyl (C=O) groups excluding carboxylic acids is 1. The number of amides is 1. The molecule has 146 valence electrons. The highest BCUT2D eigenvalue weighted by molar-refractivity contribution is 5.78. The minimum Gasteiger partial charge on any atom is -0.379 e. The van der Waals surface area contributed by atoms with Gasteiger partial charge in [-0.2, -0.15) is 5.10 Å². The molecule has 0 bridgehead atoms. The van der Waals surface area contributed by atoms with Crippen molar-refractivity contribution in [1.82, 2.24) is 24.9 Å². The zero-order chi connectivity index (χ0) is 18.4. The lowest BCUT2D eigenvalue weighted by atomic mass is 9.79. The molecule has 0 aromatic carbocycles. The number of nitrogens with one attached hydrogen (secondary N) is 1. The Kier molecular flexibility index (Phi) is 6.67. The van der Waals surface area contributed by atoms with Crippen molar-refractivity contribution in [2.45, 2.75) is 44.2 Å². The van der Waals surface area contributed by atoms with Gasteiger partial charge in [-0.25, -0.2) is 0 Å². The molecule has 1 aromatic heterocycles. The summed E-state index contributed by atoms with van der Waals surface area (Å²) in [6.45, 7) is 5.48. The lowest BCUT2D eigenvalue weighted by Crippen LogP contribution is -2.60. The number of likely N-dealkylation sites (N-methyl/N-ethyl adjacent to an activating group) is 1. The van der Waals surface area contributed by atoms with Crippen molar-refractivity contribution >= 4 is 5.91 Å². The van der Waals surface area contributed by atoms with E-state index >= 15 is 0 Å². The van der Waals surface area contributed by atoms with E-state index in [4.69, 9.17) is 4.74 Å². The second-order valence-corrected chi connectivity index (χ2v) is 7.86. The van der Waals surface area contributed by atoms with Crippen molar-refractivity contribution in [2.75, 3.05) is 46.4 Å². The van der Waals surface area contributed by atoms with Crippen LogP contribution in [-0.2, 0) is 23.1 Å². The topological polar surface area (TPSA) is 62.6 Å². The van der Waals surface area contributed by atoms with Gasteiger partial charge in [-0.3, -0.25) is 19.3 Å². The lowest BCUT2D eigenvalue weighted by molar-refractivity contribution is -0.123. The maximum atomic E-state index is 12.5. The molecule has 1 aliphatic carbocycles. The molecule has 1 saturated carbocycles. The molecule has 1 saturated heterocycles. The Balaban J connectivity index is 1.50. The molecule has 0 spiro atoms. The maximum absolute atomic E-state index is 12.5. The zero-order valence-corrected chi connectivity index (χ0v) is 16.2. The van der Waals surface area contributed by atoms with Crippen LogP contribution in [-0.4, -0.2) is 77.5 Å². The summed E-state index contributed by atoms with van der Waals surface area (Å²) in [6.07, 6.45) is 10.0. The third-order valence-corrected chi connectivity index (χ3v) is 5.71. The number of aryl methyl sites for hydroxylation is 1. The Bertz CT molecular complexity index is 576. The number of nitrogens with zero attached hydrogens (tertiary/aromatic N) is 4. The Labute approximate surface area is 156 Å². The smallest absolute Gasteiger partial charge is 0.234 e. The molecular weight excluding hydrogens is 330 g/mol. The van der Waals surface area contributed by atoms with Gasteiger partial charge in [0.15, 0.2) is 0 Å². The van der Waals surface area contributed by atoms with E-state index in [0.717, 1.165) is 45.0 Å². The average Bonchev–Trinajstić information content (AvgIpc) is 3.06. The molecule has 1 N–H and O–H groups in total. The Morgan fingerprint density at radius 2 is 2.04 bits per heavy atom. The van der Waals surface area contributed by atoms with Crippen LogP contribution in [0.15, 0.2) is 12.4 Å². The summed E-state index contributed by atoms with van der Waals surface area (Å²) in [4.78, 5) is 17.1. The number of aromatic nitrogens is 2. The minimum atomic E-state index is 0.106. The monoisotopic (exact) mass is 363 g/mol. The number of morpholine rings is 1. The van der Waals surface area contributed by atoms with Crippen molar-refractivity contribution in [3.8, 4) is 0 Å². The summed E-state index contributed by atoms with van der Waals surface area (Å²) in [5.74, 6) is 0.106. The molecule has 1 amide bonds. The molecule has 3 rings (SSSR count). The first-order valence-corrected chi connectivity index (χ1v) is 9.83. The van der Waals surface area contributed by atoms with Crippen molar-refractivity contribution in [3.05, 3.63) is 18.0 Å². The highest BCUT2D eigenvalue weighted by Gasteiger charge is 2.38. The van der Waals surface area contributed by atoms with Crippen LogP contribution in [0, 0.1) is 0 Å². The van der Waals surface area contributed by atoms with Crippen LogP contribution < -0.4 is 5.32 Å². The molecule has 0 atom stereocenters. The van der Waals surface area contributed by atoms with Gasteiger partial charge in [0.25, 0.3) is 0 Å². The first kappa shape index (κ1) is 19.3. The molecule has 7 nitrogen and oxygen atoms in total. The molecule has 7 heteroatoms. The minimum absolute atomic E-state index is 0.106. The van der Waals surface area contributed by atoms with Gasteiger partial charge >= 0.3 is 0 Å². The van der Waals surface area contributed by atoms with Gasteiger partial charge < -0.3 is 10.1 Å². The summed E-state index contributed by atoms with van der Waals surface area (Å²) >= 11 is 0. The summed E-state index contributed by atoms with van der Waals surface area (Å²) < 4.78 is 7.32. The van der Waals surface area contributed by atoms with Crippen LogP contribution in [0.4, 0.5) is 0 Å². The van der Waals surface area contributed by atoms with Gasteiger partial charge in [0.1, 0.15) is 0 Å². The van der Waals surface area contributed by atoms with Crippen LogP contribution in [0.3, 0.4) is 0 Å². The molecule has 2 fully saturated rings. The molecule has 2 aliphatic rings. The second-order valence-electron chi connectivity index (χ2n) is 7.86. The molecule has 0 unspecified atom stereocenters. The third kappa shape index (κ3) is 5.05. The van der Waals surface area contributed by atoms with E-state index in [-0.39, 0.29) is 11.4 Å². The van der Waals surface area contributed by atoms with Crippen LogP contribution in [0.2, 0.25) is 0 Å². The van der Waals surface area contributed by atoms with Crippen LogP contribution >= 0.6 is 0 Å². The van der Waals surface area contributed by atoms with Gasteiger partial charge in [-0.15, -0.1) is 0 Å². The van der Waals surface area contributed by atoms with Crippen LogP contribution in [0.25, 0.3) is 0 Å².